The van der Waals surface area contributed by atoms with Gasteiger partial charge in [-0.1, -0.05) is 25.9 Å². The molecule has 1 amide bonds. The van der Waals surface area contributed by atoms with E-state index in [9.17, 15) is 4.79 Å². The third-order valence-electron chi connectivity index (χ3n) is 1.71. The number of nitrogens with zero attached hydrogens (tertiary/aromatic N) is 1. The van der Waals surface area contributed by atoms with Gasteiger partial charge in [0.25, 0.3) is 0 Å². The fourth-order valence-corrected chi connectivity index (χ4v) is 1.96. The number of hydrogen-bond acceptors (Lipinski definition) is 3. The second-order valence-electron chi connectivity index (χ2n) is 3.84. The van der Waals surface area contributed by atoms with Crippen LogP contribution < -0.4 is 5.32 Å². The Hall–Kier alpha value is -0.580. The molecule has 0 spiro atoms. The second kappa shape index (κ2) is 4.60. The van der Waals surface area contributed by atoms with E-state index in [1.807, 2.05) is 20.8 Å². The average molecular weight is 251 g/mol. The molecule has 0 bridgehead atoms. The monoisotopic (exact) mass is 250 g/mol. The van der Waals surface area contributed by atoms with Crippen molar-refractivity contribution in [1.82, 2.24) is 5.32 Å². The van der Waals surface area contributed by atoms with Crippen molar-refractivity contribution in [1.29, 1.82) is 0 Å². The number of carbonyl (C=O) groups excluding carboxylic acids is 1. The van der Waals surface area contributed by atoms with E-state index in [-0.39, 0.29) is 15.9 Å². The van der Waals surface area contributed by atoms with Crippen LogP contribution in [0.3, 0.4) is 0 Å². The predicted molar refractivity (Wildman–Crippen MR) is 55.2 cm³/mol. The lowest BCUT2D eigenvalue weighted by Gasteiger charge is -2.27. The standard InChI is InChI=1S/C8H15BrN2O2/c1-8(2,3)5(6(9)11-13)7(12)10-4/h5,13H,1-4H3,(H,10,12). The summed E-state index contributed by atoms with van der Waals surface area (Å²) in [6, 6.07) is 0. The topological polar surface area (TPSA) is 61.7 Å². The van der Waals surface area contributed by atoms with Crippen molar-refractivity contribution in [3.63, 3.8) is 0 Å². The fraction of sp³-hybridized carbons (Fsp3) is 0.750. The van der Waals surface area contributed by atoms with Crippen molar-refractivity contribution in [3.8, 4) is 0 Å². The van der Waals surface area contributed by atoms with Crippen molar-refractivity contribution in [2.45, 2.75) is 20.8 Å². The zero-order valence-corrected chi connectivity index (χ0v) is 9.84. The molecule has 4 nitrogen and oxygen atoms in total. The average Bonchev–Trinajstić information content (AvgIpc) is 2.01. The summed E-state index contributed by atoms with van der Waals surface area (Å²) < 4.78 is 0.249. The summed E-state index contributed by atoms with van der Waals surface area (Å²) in [5, 5.41) is 14.1. The predicted octanol–water partition coefficient (Wildman–Crippen LogP) is 1.58. The Morgan fingerprint density at radius 3 is 2.23 bits per heavy atom. The van der Waals surface area contributed by atoms with Crippen molar-refractivity contribution in [3.05, 3.63) is 0 Å². The van der Waals surface area contributed by atoms with Crippen molar-refractivity contribution >= 4 is 26.5 Å². The van der Waals surface area contributed by atoms with Crippen LogP contribution in [0.2, 0.25) is 0 Å². The van der Waals surface area contributed by atoms with Gasteiger partial charge in [0.2, 0.25) is 5.91 Å². The Balaban J connectivity index is 4.88. The number of halogens is 1. The van der Waals surface area contributed by atoms with Gasteiger partial charge in [0.1, 0.15) is 4.62 Å². The SMILES string of the molecule is CNC(=O)C(C(Br)=NO)C(C)(C)C. The zero-order valence-electron chi connectivity index (χ0n) is 8.26. The summed E-state index contributed by atoms with van der Waals surface area (Å²) >= 11 is 3.06. The van der Waals surface area contributed by atoms with Gasteiger partial charge in [0.15, 0.2) is 0 Å². The van der Waals surface area contributed by atoms with Crippen LogP contribution in [0, 0.1) is 11.3 Å². The number of rotatable bonds is 2. The van der Waals surface area contributed by atoms with E-state index < -0.39 is 5.92 Å². The first-order valence-corrected chi connectivity index (χ1v) is 4.73. The van der Waals surface area contributed by atoms with Crippen LogP contribution in [0.1, 0.15) is 20.8 Å². The third kappa shape index (κ3) is 3.34. The molecule has 0 fully saturated rings. The molecule has 0 aliphatic carbocycles. The van der Waals surface area contributed by atoms with Crippen molar-refractivity contribution in [2.24, 2.45) is 16.5 Å². The van der Waals surface area contributed by atoms with Crippen molar-refractivity contribution in [2.75, 3.05) is 7.05 Å². The first-order chi connectivity index (χ1) is 5.84. The van der Waals surface area contributed by atoms with Crippen LogP contribution in [-0.4, -0.2) is 22.8 Å². The molecular formula is C8H15BrN2O2. The van der Waals surface area contributed by atoms with Gasteiger partial charge in [-0.3, -0.25) is 4.79 Å². The summed E-state index contributed by atoms with van der Waals surface area (Å²) in [5.41, 5.74) is -0.287. The lowest BCUT2D eigenvalue weighted by Crippen LogP contribution is -2.39. The van der Waals surface area contributed by atoms with Gasteiger partial charge in [0.05, 0.1) is 5.92 Å². The van der Waals surface area contributed by atoms with Crippen LogP contribution in [0.5, 0.6) is 0 Å². The second-order valence-corrected chi connectivity index (χ2v) is 4.65. The molecule has 2 N–H and O–H groups in total. The largest absolute Gasteiger partial charge is 0.410 e. The minimum Gasteiger partial charge on any atom is -0.410 e. The quantitative estimate of drug-likeness (QED) is 0.444. The van der Waals surface area contributed by atoms with Gasteiger partial charge in [-0.05, 0) is 21.3 Å². The maximum atomic E-state index is 11.4. The van der Waals surface area contributed by atoms with Gasteiger partial charge in [-0.15, -0.1) is 0 Å². The van der Waals surface area contributed by atoms with E-state index in [0.717, 1.165) is 0 Å². The van der Waals surface area contributed by atoms with Crippen LogP contribution in [0.25, 0.3) is 0 Å². The highest BCUT2D eigenvalue weighted by Crippen LogP contribution is 2.29. The number of nitrogens with one attached hydrogen (secondary N) is 1. The molecule has 0 saturated heterocycles. The number of carbonyl (C=O) groups is 1. The fourth-order valence-electron chi connectivity index (χ4n) is 1.06. The van der Waals surface area contributed by atoms with Crippen LogP contribution in [0.15, 0.2) is 5.16 Å². The number of hydrogen-bond donors (Lipinski definition) is 2. The summed E-state index contributed by atoms with van der Waals surface area (Å²) in [5.74, 6) is -0.639. The molecule has 0 rings (SSSR count). The Morgan fingerprint density at radius 2 is 2.00 bits per heavy atom. The van der Waals surface area contributed by atoms with E-state index in [1.54, 1.807) is 7.05 Å². The van der Waals surface area contributed by atoms with E-state index in [4.69, 9.17) is 5.21 Å². The van der Waals surface area contributed by atoms with Gasteiger partial charge < -0.3 is 10.5 Å². The Bertz CT molecular complexity index is 221. The summed E-state index contributed by atoms with van der Waals surface area (Å²) in [4.78, 5) is 11.4. The van der Waals surface area contributed by atoms with Crippen molar-refractivity contribution < 1.29 is 10.0 Å². The molecule has 0 aromatic rings. The molecule has 0 heterocycles. The molecule has 0 aliphatic rings. The van der Waals surface area contributed by atoms with Crippen LogP contribution in [0.4, 0.5) is 0 Å². The molecule has 76 valence electrons. The van der Waals surface area contributed by atoms with Gasteiger partial charge >= 0.3 is 0 Å². The van der Waals surface area contributed by atoms with Crippen LogP contribution >= 0.6 is 15.9 Å². The first kappa shape index (κ1) is 12.4. The van der Waals surface area contributed by atoms with Gasteiger partial charge in [-0.25, -0.2) is 0 Å². The maximum absolute atomic E-state index is 11.4. The van der Waals surface area contributed by atoms with E-state index in [0.29, 0.717) is 0 Å². The Morgan fingerprint density at radius 1 is 1.54 bits per heavy atom. The lowest BCUT2D eigenvalue weighted by molar-refractivity contribution is -0.124. The van der Waals surface area contributed by atoms with E-state index >= 15 is 0 Å². The minimum absolute atomic E-state index is 0.169. The number of amides is 1. The zero-order chi connectivity index (χ0) is 10.6. The Labute approximate surface area is 86.5 Å². The lowest BCUT2D eigenvalue weighted by atomic mass is 9.81. The molecule has 1 unspecified atom stereocenters. The molecule has 0 aromatic carbocycles. The maximum Gasteiger partial charge on any atom is 0.230 e. The molecule has 13 heavy (non-hydrogen) atoms. The molecular weight excluding hydrogens is 236 g/mol. The highest BCUT2D eigenvalue weighted by molar-refractivity contribution is 9.18. The molecule has 0 aromatic heterocycles. The summed E-state index contributed by atoms with van der Waals surface area (Å²) in [6.07, 6.45) is 0. The number of oxime groups is 1. The van der Waals surface area contributed by atoms with Gasteiger partial charge in [-0.2, -0.15) is 0 Å². The van der Waals surface area contributed by atoms with Crippen LogP contribution in [-0.2, 0) is 4.79 Å². The Kier molecular flexibility index (Phi) is 4.39. The molecule has 1 atom stereocenters. The minimum atomic E-state index is -0.470. The normalized spacial score (nSPS) is 15.3. The van der Waals surface area contributed by atoms with E-state index in [2.05, 4.69) is 26.4 Å². The third-order valence-corrected chi connectivity index (χ3v) is 2.32. The van der Waals surface area contributed by atoms with E-state index in [1.165, 1.54) is 0 Å². The highest BCUT2D eigenvalue weighted by atomic mass is 79.9. The highest BCUT2D eigenvalue weighted by Gasteiger charge is 2.34. The molecule has 0 radical (unpaired) electrons. The summed E-state index contributed by atoms with van der Waals surface area (Å²) in [6.45, 7) is 5.71. The smallest absolute Gasteiger partial charge is 0.230 e. The molecule has 0 aliphatic heterocycles. The molecule has 0 saturated carbocycles. The van der Waals surface area contributed by atoms with Gasteiger partial charge in [0, 0.05) is 7.05 Å². The first-order valence-electron chi connectivity index (χ1n) is 3.93. The molecule has 5 heteroatoms. The summed E-state index contributed by atoms with van der Waals surface area (Å²) in [7, 11) is 1.55.